The van der Waals surface area contributed by atoms with E-state index in [0.29, 0.717) is 31.8 Å². The quantitative estimate of drug-likeness (QED) is 0.854. The minimum absolute atomic E-state index is 0.0194. The molecule has 0 bridgehead atoms. The van der Waals surface area contributed by atoms with E-state index in [4.69, 9.17) is 0 Å². The monoisotopic (exact) mass is 313 g/mol. The number of carbonyl (C=O) groups is 1. The Morgan fingerprint density at radius 2 is 1.91 bits per heavy atom. The molecule has 0 radical (unpaired) electrons. The van der Waals surface area contributed by atoms with Crippen molar-refractivity contribution in [2.24, 2.45) is 5.92 Å². The second-order valence-corrected chi connectivity index (χ2v) is 5.95. The summed E-state index contributed by atoms with van der Waals surface area (Å²) in [4.78, 5) is 23.6. The van der Waals surface area contributed by atoms with E-state index < -0.39 is 0 Å². The maximum absolute atomic E-state index is 11.9. The number of nitrogens with one attached hydrogen (secondary N) is 1. The zero-order valence-electron chi connectivity index (χ0n) is 13.7. The fourth-order valence-corrected chi connectivity index (χ4v) is 2.17. The van der Waals surface area contributed by atoms with Crippen molar-refractivity contribution in [1.29, 1.82) is 0 Å². The van der Waals surface area contributed by atoms with Gasteiger partial charge in [-0.05, 0) is 18.4 Å². The first-order valence-corrected chi connectivity index (χ1v) is 7.96. The number of nitrogens with zero attached hydrogens (tertiary/aromatic N) is 2. The van der Waals surface area contributed by atoms with Crippen LogP contribution in [0.1, 0.15) is 26.7 Å². The van der Waals surface area contributed by atoms with Crippen LogP contribution in [0.5, 0.6) is 0 Å². The molecule has 0 aliphatic carbocycles. The zero-order valence-corrected chi connectivity index (χ0v) is 13.7. The van der Waals surface area contributed by atoms with Gasteiger partial charge in [-0.2, -0.15) is 5.10 Å². The Balaban J connectivity index is 1.95. The van der Waals surface area contributed by atoms with Gasteiger partial charge in [0.2, 0.25) is 5.91 Å². The normalized spacial score (nSPS) is 10.7. The first-order valence-electron chi connectivity index (χ1n) is 7.96. The van der Waals surface area contributed by atoms with Crippen LogP contribution in [-0.4, -0.2) is 22.2 Å². The minimum atomic E-state index is -0.146. The van der Waals surface area contributed by atoms with Gasteiger partial charge in [0.05, 0.1) is 5.69 Å². The molecule has 0 fully saturated rings. The highest BCUT2D eigenvalue weighted by Crippen LogP contribution is 2.14. The van der Waals surface area contributed by atoms with Crippen LogP contribution in [0.2, 0.25) is 0 Å². The van der Waals surface area contributed by atoms with Crippen molar-refractivity contribution < 1.29 is 4.79 Å². The molecule has 0 spiro atoms. The van der Waals surface area contributed by atoms with Crippen LogP contribution in [0.25, 0.3) is 11.3 Å². The van der Waals surface area contributed by atoms with Gasteiger partial charge in [0.15, 0.2) is 0 Å². The molecule has 1 aromatic heterocycles. The number of benzene rings is 1. The third-order valence-electron chi connectivity index (χ3n) is 3.42. The maximum Gasteiger partial charge on any atom is 0.266 e. The van der Waals surface area contributed by atoms with Crippen LogP contribution < -0.4 is 10.9 Å². The van der Waals surface area contributed by atoms with Gasteiger partial charge in [0, 0.05) is 31.1 Å². The van der Waals surface area contributed by atoms with E-state index in [1.54, 1.807) is 6.07 Å². The molecule has 0 aliphatic heterocycles. The van der Waals surface area contributed by atoms with Crippen LogP contribution in [0, 0.1) is 5.92 Å². The Morgan fingerprint density at radius 3 is 2.61 bits per heavy atom. The van der Waals surface area contributed by atoms with Crippen molar-refractivity contribution in [3.8, 4) is 11.3 Å². The minimum Gasteiger partial charge on any atom is -0.356 e. The largest absolute Gasteiger partial charge is 0.356 e. The second-order valence-electron chi connectivity index (χ2n) is 5.95. The summed E-state index contributed by atoms with van der Waals surface area (Å²) in [6, 6.07) is 13.0. The van der Waals surface area contributed by atoms with Gasteiger partial charge in [-0.15, -0.1) is 0 Å². The number of hydrogen-bond acceptors (Lipinski definition) is 3. The first kappa shape index (κ1) is 16.9. The molecular formula is C18H23N3O2. The summed E-state index contributed by atoms with van der Waals surface area (Å²) in [5.74, 6) is 0.455. The fraction of sp³-hybridized carbons (Fsp3) is 0.389. The number of hydrogen-bond donors (Lipinski definition) is 1. The van der Waals surface area contributed by atoms with Crippen molar-refractivity contribution in [1.82, 2.24) is 15.1 Å². The van der Waals surface area contributed by atoms with Gasteiger partial charge in [-0.25, -0.2) is 4.68 Å². The van der Waals surface area contributed by atoms with Crippen LogP contribution in [-0.2, 0) is 11.3 Å². The summed E-state index contributed by atoms with van der Waals surface area (Å²) in [7, 11) is 0. The third kappa shape index (κ3) is 5.36. The molecular weight excluding hydrogens is 290 g/mol. The smallest absolute Gasteiger partial charge is 0.266 e. The Labute approximate surface area is 136 Å². The van der Waals surface area contributed by atoms with Crippen molar-refractivity contribution >= 4 is 5.91 Å². The van der Waals surface area contributed by atoms with Crippen molar-refractivity contribution in [3.63, 3.8) is 0 Å². The van der Waals surface area contributed by atoms with E-state index in [-0.39, 0.29) is 11.5 Å². The molecule has 2 rings (SSSR count). The Hall–Kier alpha value is -2.43. The molecule has 0 aliphatic rings. The molecule has 0 saturated carbocycles. The van der Waals surface area contributed by atoms with Gasteiger partial charge in [0.1, 0.15) is 0 Å². The van der Waals surface area contributed by atoms with E-state index in [1.165, 1.54) is 10.7 Å². The number of aryl methyl sites for hydroxylation is 1. The van der Waals surface area contributed by atoms with Crippen molar-refractivity contribution in [2.45, 2.75) is 33.2 Å². The number of aromatic nitrogens is 2. The van der Waals surface area contributed by atoms with Crippen molar-refractivity contribution in [3.05, 3.63) is 52.8 Å². The van der Waals surface area contributed by atoms with E-state index in [0.717, 1.165) is 11.3 Å². The molecule has 5 nitrogen and oxygen atoms in total. The van der Waals surface area contributed by atoms with Gasteiger partial charge in [0.25, 0.3) is 5.56 Å². The Morgan fingerprint density at radius 1 is 1.17 bits per heavy atom. The molecule has 1 N–H and O–H groups in total. The van der Waals surface area contributed by atoms with E-state index in [1.807, 2.05) is 30.3 Å². The van der Waals surface area contributed by atoms with Crippen LogP contribution in [0.3, 0.4) is 0 Å². The lowest BCUT2D eigenvalue weighted by Crippen LogP contribution is -2.28. The van der Waals surface area contributed by atoms with Gasteiger partial charge in [-0.1, -0.05) is 44.2 Å². The highest BCUT2D eigenvalue weighted by Gasteiger charge is 2.05. The third-order valence-corrected chi connectivity index (χ3v) is 3.42. The van der Waals surface area contributed by atoms with Crippen LogP contribution in [0.15, 0.2) is 47.3 Å². The molecule has 0 atom stereocenters. The summed E-state index contributed by atoms with van der Waals surface area (Å²) < 4.78 is 1.43. The first-order chi connectivity index (χ1) is 11.1. The average Bonchev–Trinajstić information content (AvgIpc) is 2.55. The lowest BCUT2D eigenvalue weighted by atomic mass is 10.1. The van der Waals surface area contributed by atoms with Crippen LogP contribution in [0.4, 0.5) is 0 Å². The number of rotatable bonds is 7. The lowest BCUT2D eigenvalue weighted by molar-refractivity contribution is -0.121. The molecule has 23 heavy (non-hydrogen) atoms. The SMILES string of the molecule is CC(C)CNC(=O)CCCn1nc(-c2ccccc2)ccc1=O. The molecule has 2 aromatic rings. The van der Waals surface area contributed by atoms with Gasteiger partial charge >= 0.3 is 0 Å². The molecule has 1 amide bonds. The standard InChI is InChI=1S/C18H23N3O2/c1-14(2)13-19-17(22)9-6-12-21-18(23)11-10-16(20-21)15-7-4-3-5-8-15/h3-5,7-8,10-11,14H,6,9,12-13H2,1-2H3,(H,19,22). The summed E-state index contributed by atoms with van der Waals surface area (Å²) in [5, 5.41) is 7.26. The highest BCUT2D eigenvalue weighted by atomic mass is 16.1. The maximum atomic E-state index is 11.9. The number of amides is 1. The summed E-state index contributed by atoms with van der Waals surface area (Å²) in [5.41, 5.74) is 1.58. The molecule has 122 valence electrons. The Kier molecular flexibility index (Phi) is 6.09. The Bertz CT molecular complexity index is 693. The van der Waals surface area contributed by atoms with E-state index in [9.17, 15) is 9.59 Å². The predicted octanol–water partition coefficient (Wildman–Crippen LogP) is 2.46. The summed E-state index contributed by atoms with van der Waals surface area (Å²) >= 11 is 0. The molecule has 1 heterocycles. The van der Waals surface area contributed by atoms with E-state index in [2.05, 4.69) is 24.3 Å². The zero-order chi connectivity index (χ0) is 16.7. The summed E-state index contributed by atoms with van der Waals surface area (Å²) in [6.07, 6.45) is 0.992. The number of carbonyl (C=O) groups excluding carboxylic acids is 1. The second kappa shape index (κ2) is 8.27. The molecule has 0 unspecified atom stereocenters. The molecule has 5 heteroatoms. The van der Waals surface area contributed by atoms with Gasteiger partial charge in [-0.3, -0.25) is 9.59 Å². The van der Waals surface area contributed by atoms with Gasteiger partial charge < -0.3 is 5.32 Å². The summed E-state index contributed by atoms with van der Waals surface area (Å²) in [6.45, 7) is 5.23. The van der Waals surface area contributed by atoms with E-state index >= 15 is 0 Å². The fourth-order valence-electron chi connectivity index (χ4n) is 2.17. The molecule has 1 aromatic carbocycles. The predicted molar refractivity (Wildman–Crippen MR) is 91.0 cm³/mol. The topological polar surface area (TPSA) is 64.0 Å². The van der Waals surface area contributed by atoms with Crippen molar-refractivity contribution in [2.75, 3.05) is 6.54 Å². The lowest BCUT2D eigenvalue weighted by Gasteiger charge is -2.09. The highest BCUT2D eigenvalue weighted by molar-refractivity contribution is 5.75. The van der Waals surface area contributed by atoms with Crippen LogP contribution >= 0.6 is 0 Å². The average molecular weight is 313 g/mol. The molecule has 0 saturated heterocycles.